The Kier molecular flexibility index (Phi) is 356. The van der Waals surface area contributed by atoms with Gasteiger partial charge in [-0.05, 0) is 0 Å². The molecule has 0 bridgehead atoms. The van der Waals surface area contributed by atoms with Gasteiger partial charge in [0.1, 0.15) is 0 Å². The SMILES string of the molecule is O=[SiH2].[O]=[Cu]. The van der Waals surface area contributed by atoms with Crippen LogP contribution >= 0.6 is 0 Å². The van der Waals surface area contributed by atoms with Crippen LogP contribution in [-0.2, 0) is 24.2 Å². The Bertz CT molecular complexity index is 8.00. The van der Waals surface area contributed by atoms with Crippen LogP contribution in [0.2, 0.25) is 0 Å². The second-order valence-corrected chi connectivity index (χ2v) is 0. The molecule has 4 heavy (non-hydrogen) atoms. The molecule has 0 aliphatic rings. The van der Waals surface area contributed by atoms with Crippen LogP contribution in [0.4, 0.5) is 0 Å². The molecule has 0 rings (SSSR count). The zero-order valence-corrected chi connectivity index (χ0v) is 4.18. The van der Waals surface area contributed by atoms with Gasteiger partial charge in [-0.2, -0.15) is 0 Å². The molecule has 0 aromatic carbocycles. The third kappa shape index (κ3) is 36.9. The van der Waals surface area contributed by atoms with Crippen molar-refractivity contribution >= 4 is 10.1 Å². The molecule has 0 N–H and O–H groups in total. The van der Waals surface area contributed by atoms with Crippen LogP contribution in [0.1, 0.15) is 0 Å². The predicted octanol–water partition coefficient (Wildman–Crippen LogP) is -1.16. The molecule has 0 spiro atoms. The average Bonchev–Trinajstić information content (AvgIpc) is 1.50. The summed E-state index contributed by atoms with van der Waals surface area (Å²) in [5.74, 6) is 0. The van der Waals surface area contributed by atoms with E-state index in [2.05, 4.69) is 15.9 Å². The van der Waals surface area contributed by atoms with E-state index < -0.39 is 0 Å². The van der Waals surface area contributed by atoms with Crippen LogP contribution in [0.15, 0.2) is 0 Å². The van der Waals surface area contributed by atoms with Crippen molar-refractivity contribution in [2.24, 2.45) is 0 Å². The molecule has 0 aromatic rings. The quantitative estimate of drug-likeness (QED) is 0.383. The molecule has 0 saturated carbocycles. The first-order valence-corrected chi connectivity index (χ1v) is 1.37. The number of hydrogen-bond acceptors (Lipinski definition) is 2. The summed E-state index contributed by atoms with van der Waals surface area (Å²) in [6, 6.07) is 0. The second-order valence-electron chi connectivity index (χ2n) is 0. The molecule has 4 heteroatoms. The van der Waals surface area contributed by atoms with Crippen LogP contribution in [0.5, 0.6) is 0 Å². The Morgan fingerprint density at radius 2 is 1.25 bits per heavy atom. The molecule has 0 unspecified atom stereocenters. The summed E-state index contributed by atoms with van der Waals surface area (Å²) in [4.78, 5) is 0. The van der Waals surface area contributed by atoms with E-state index in [-0.39, 0.29) is 0 Å². The second kappa shape index (κ2) is 161. The van der Waals surface area contributed by atoms with Crippen molar-refractivity contribution in [3.05, 3.63) is 0 Å². The van der Waals surface area contributed by atoms with E-state index in [9.17, 15) is 0 Å². The predicted molar refractivity (Wildman–Crippen MR) is 9.92 cm³/mol. The van der Waals surface area contributed by atoms with Crippen molar-refractivity contribution in [1.82, 2.24) is 0 Å². The third-order valence-corrected chi connectivity index (χ3v) is 0. The minimum absolute atomic E-state index is 0.611. The summed E-state index contributed by atoms with van der Waals surface area (Å²) >= 11 is 2.94. The van der Waals surface area contributed by atoms with E-state index in [1.165, 1.54) is 0 Å². The standard InChI is InChI=1S/Cu.H2OSi.O/c;1-2;/h;2H2;. The van der Waals surface area contributed by atoms with E-state index in [1.807, 2.05) is 0 Å². The molecule has 29 valence electrons. The molecular weight excluding hydrogens is 124 g/mol. The van der Waals surface area contributed by atoms with Gasteiger partial charge in [0.2, 0.25) is 10.1 Å². The van der Waals surface area contributed by atoms with Crippen LogP contribution in [0.3, 0.4) is 0 Å². The van der Waals surface area contributed by atoms with Crippen molar-refractivity contribution in [2.75, 3.05) is 0 Å². The van der Waals surface area contributed by atoms with Crippen molar-refractivity contribution in [1.29, 1.82) is 0 Å². The molecule has 0 fully saturated rings. The van der Waals surface area contributed by atoms with E-state index >= 15 is 0 Å². The molecule has 0 atom stereocenters. The monoisotopic (exact) mass is 125 g/mol. The molecule has 0 aromatic heterocycles. The molecule has 0 aliphatic carbocycles. The maximum atomic E-state index is 8.28. The first-order chi connectivity index (χ1) is 2.00. The van der Waals surface area contributed by atoms with Crippen LogP contribution in [0.25, 0.3) is 0 Å². The maximum absolute atomic E-state index is 8.28. The van der Waals surface area contributed by atoms with Crippen molar-refractivity contribution in [3.8, 4) is 0 Å². The molecule has 0 heterocycles. The summed E-state index contributed by atoms with van der Waals surface area (Å²) in [5.41, 5.74) is 0. The van der Waals surface area contributed by atoms with Crippen molar-refractivity contribution in [2.45, 2.75) is 0 Å². The number of hydrogen-bond donors (Lipinski definition) is 0. The molecule has 0 radical (unpaired) electrons. The zero-order chi connectivity index (χ0) is 4.00. The molecule has 0 amide bonds. The topological polar surface area (TPSA) is 34.1 Å². The summed E-state index contributed by atoms with van der Waals surface area (Å²) in [6.45, 7) is 0. The number of rotatable bonds is 0. The van der Waals surface area contributed by atoms with Gasteiger partial charge in [0.15, 0.2) is 0 Å². The Morgan fingerprint density at radius 3 is 1.25 bits per heavy atom. The van der Waals surface area contributed by atoms with Crippen molar-refractivity contribution in [3.63, 3.8) is 0 Å². The van der Waals surface area contributed by atoms with Gasteiger partial charge in [0.25, 0.3) is 0 Å². The Morgan fingerprint density at radius 1 is 1.25 bits per heavy atom. The zero-order valence-electron chi connectivity index (χ0n) is 1.83. The van der Waals surface area contributed by atoms with Gasteiger partial charge in [-0.15, -0.1) is 0 Å². The van der Waals surface area contributed by atoms with Crippen LogP contribution < -0.4 is 0 Å². The van der Waals surface area contributed by atoms with E-state index in [0.717, 1.165) is 0 Å². The first kappa shape index (κ1) is 8.84. The summed E-state index contributed by atoms with van der Waals surface area (Å²) in [6.07, 6.45) is 0. The fourth-order valence-corrected chi connectivity index (χ4v) is 0. The fourth-order valence-electron chi connectivity index (χ4n) is 0. The Balaban J connectivity index is 0. The average molecular weight is 126 g/mol. The van der Waals surface area contributed by atoms with Gasteiger partial charge in [-0.25, -0.2) is 0 Å². The minimum atomic E-state index is 0.611. The van der Waals surface area contributed by atoms with Gasteiger partial charge in [0.05, 0.1) is 0 Å². The molecular formula is H2CuO2Si. The van der Waals surface area contributed by atoms with Gasteiger partial charge in [-0.3, -0.25) is 0 Å². The summed E-state index contributed by atoms with van der Waals surface area (Å²) < 4.78 is 16.1. The third-order valence-electron chi connectivity index (χ3n) is 0. The fraction of sp³-hybridized carbons (Fsp3) is 0. The summed E-state index contributed by atoms with van der Waals surface area (Å²) in [5, 5.41) is 0. The summed E-state index contributed by atoms with van der Waals surface area (Å²) in [7, 11) is 0.611. The van der Waals surface area contributed by atoms with Gasteiger partial charge < -0.3 is 4.46 Å². The van der Waals surface area contributed by atoms with Crippen LogP contribution in [-0.4, -0.2) is 10.1 Å². The van der Waals surface area contributed by atoms with E-state index in [4.69, 9.17) is 8.30 Å². The van der Waals surface area contributed by atoms with Gasteiger partial charge in [0, 0.05) is 0 Å². The molecule has 0 saturated heterocycles. The van der Waals surface area contributed by atoms with E-state index in [1.54, 1.807) is 0 Å². The van der Waals surface area contributed by atoms with Crippen molar-refractivity contribution < 1.29 is 24.2 Å². The first-order valence-electron chi connectivity index (χ1n) is 0.412. The molecule has 0 aliphatic heterocycles. The molecule has 2 nitrogen and oxygen atoms in total. The van der Waals surface area contributed by atoms with Gasteiger partial charge in [-0.1, -0.05) is 0 Å². The Labute approximate surface area is 35.1 Å². The van der Waals surface area contributed by atoms with E-state index in [0.29, 0.717) is 10.1 Å². The normalized spacial score (nSPS) is 2.50. The van der Waals surface area contributed by atoms with Crippen LogP contribution in [0, 0.1) is 0 Å². The Hall–Kier alpha value is 0.336. The van der Waals surface area contributed by atoms with Gasteiger partial charge >= 0.3 is 19.8 Å².